The summed E-state index contributed by atoms with van der Waals surface area (Å²) in [5.41, 5.74) is 5.54. The van der Waals surface area contributed by atoms with Crippen LogP contribution < -0.4 is 39.4 Å². The van der Waals surface area contributed by atoms with Crippen molar-refractivity contribution in [2.75, 3.05) is 52.2 Å². The van der Waals surface area contributed by atoms with Crippen molar-refractivity contribution in [3.63, 3.8) is 0 Å². The molecule has 2 atom stereocenters. The first-order valence-corrected chi connectivity index (χ1v) is 18.0. The van der Waals surface area contributed by atoms with Gasteiger partial charge in [0.15, 0.2) is 0 Å². The van der Waals surface area contributed by atoms with E-state index in [9.17, 15) is 9.59 Å². The molecule has 56 heavy (non-hydrogen) atoms. The van der Waals surface area contributed by atoms with Gasteiger partial charge in [-0.15, -0.1) is 0 Å². The molecular formula is C43H49N5O8. The van der Waals surface area contributed by atoms with E-state index >= 15 is 0 Å². The minimum absolute atomic E-state index is 0.201. The molecule has 0 bridgehead atoms. The van der Waals surface area contributed by atoms with E-state index in [0.29, 0.717) is 11.5 Å². The Morgan fingerprint density at radius 2 is 0.964 bits per heavy atom. The van der Waals surface area contributed by atoms with Crippen LogP contribution in [0.25, 0.3) is 0 Å². The number of rotatable bonds is 18. The molecule has 13 nitrogen and oxygen atoms in total. The van der Waals surface area contributed by atoms with Gasteiger partial charge >= 0.3 is 12.2 Å². The molecular weight excluding hydrogens is 714 g/mol. The monoisotopic (exact) mass is 763 g/mol. The molecule has 0 fully saturated rings. The normalized spacial score (nSPS) is 11.7. The molecule has 0 spiro atoms. The standard InChI is InChI=1S/C43H49N5O8/c1-47(2)34-17-13-30(14-18-34)26-45-42(49)55-40(23-32-9-7-11-36(21-32)51-5)53-38-25-39(29-44-28-38)54-41(24-33-10-8-12-37(22-33)52-6)56-43(50)46-27-31-15-19-35(20-16-31)48(3)4/h7-22,25,28-29,40-41H,23-24,26-27H2,1-6H3,(H,45,49)(H,46,50). The predicted molar refractivity (Wildman–Crippen MR) is 215 cm³/mol. The number of alkyl carbamates (subject to hydrolysis) is 2. The molecule has 294 valence electrons. The Bertz CT molecular complexity index is 1870. The first kappa shape index (κ1) is 40.6. The first-order valence-electron chi connectivity index (χ1n) is 18.0. The number of nitrogens with one attached hydrogen (secondary N) is 2. The van der Waals surface area contributed by atoms with Gasteiger partial charge < -0.3 is 48.9 Å². The summed E-state index contributed by atoms with van der Waals surface area (Å²) in [5.74, 6) is 1.82. The molecule has 1 heterocycles. The molecule has 13 heteroatoms. The number of benzene rings is 4. The van der Waals surface area contributed by atoms with Gasteiger partial charge in [-0.25, -0.2) is 9.59 Å². The van der Waals surface area contributed by atoms with Gasteiger partial charge in [-0.05, 0) is 70.8 Å². The largest absolute Gasteiger partial charge is 0.497 e. The lowest BCUT2D eigenvalue weighted by atomic mass is 10.1. The third-order valence-electron chi connectivity index (χ3n) is 8.55. The Labute approximate surface area is 328 Å². The van der Waals surface area contributed by atoms with Crippen LogP contribution in [0.15, 0.2) is 116 Å². The first-order chi connectivity index (χ1) is 27.1. The van der Waals surface area contributed by atoms with Crippen LogP contribution in [-0.4, -0.2) is 72.2 Å². The summed E-state index contributed by atoms with van der Waals surface area (Å²) in [6.07, 6.45) is -0.0908. The minimum atomic E-state index is -1.06. The van der Waals surface area contributed by atoms with Crippen LogP contribution in [0, 0.1) is 0 Å². The molecule has 2 unspecified atom stereocenters. The van der Waals surface area contributed by atoms with Crippen LogP contribution in [0.3, 0.4) is 0 Å². The molecule has 0 saturated heterocycles. The summed E-state index contributed by atoms with van der Waals surface area (Å²) in [7, 11) is 11.0. The topological polar surface area (TPSA) is 133 Å². The second kappa shape index (κ2) is 20.2. The lowest BCUT2D eigenvalue weighted by Gasteiger charge is -2.22. The van der Waals surface area contributed by atoms with Gasteiger partial charge in [0, 0.05) is 71.6 Å². The van der Waals surface area contributed by atoms with Gasteiger partial charge in [0.05, 0.1) is 26.6 Å². The highest BCUT2D eigenvalue weighted by Crippen LogP contribution is 2.24. The second-order valence-electron chi connectivity index (χ2n) is 13.2. The van der Waals surface area contributed by atoms with E-state index < -0.39 is 24.8 Å². The van der Waals surface area contributed by atoms with Crippen molar-refractivity contribution in [2.45, 2.75) is 38.5 Å². The fourth-order valence-electron chi connectivity index (χ4n) is 5.52. The Morgan fingerprint density at radius 3 is 1.34 bits per heavy atom. The van der Waals surface area contributed by atoms with Gasteiger partial charge in [-0.1, -0.05) is 48.5 Å². The van der Waals surface area contributed by atoms with E-state index in [1.807, 2.05) is 135 Å². The summed E-state index contributed by atoms with van der Waals surface area (Å²) in [4.78, 5) is 34.4. The van der Waals surface area contributed by atoms with Gasteiger partial charge in [-0.2, -0.15) is 0 Å². The van der Waals surface area contributed by atoms with Gasteiger partial charge in [-0.3, -0.25) is 4.98 Å². The fourth-order valence-corrected chi connectivity index (χ4v) is 5.52. The summed E-state index contributed by atoms with van der Waals surface area (Å²) in [6, 6.07) is 32.0. The smallest absolute Gasteiger partial charge is 0.410 e. The third-order valence-corrected chi connectivity index (χ3v) is 8.55. The molecule has 5 rings (SSSR count). The molecule has 2 amide bonds. The molecule has 5 aromatic rings. The van der Waals surface area contributed by atoms with Crippen molar-refractivity contribution in [2.24, 2.45) is 0 Å². The Morgan fingerprint density at radius 1 is 0.554 bits per heavy atom. The van der Waals surface area contributed by atoms with Crippen molar-refractivity contribution in [3.05, 3.63) is 138 Å². The van der Waals surface area contributed by atoms with Gasteiger partial charge in [0.25, 0.3) is 0 Å². The summed E-state index contributed by atoms with van der Waals surface area (Å²) < 4.78 is 34.8. The highest BCUT2D eigenvalue weighted by Gasteiger charge is 2.21. The maximum atomic E-state index is 13.1. The Kier molecular flexibility index (Phi) is 14.6. The highest BCUT2D eigenvalue weighted by molar-refractivity contribution is 5.68. The zero-order chi connectivity index (χ0) is 39.9. The Hall–Kier alpha value is -6.63. The van der Waals surface area contributed by atoms with Crippen molar-refractivity contribution < 1.29 is 38.0 Å². The van der Waals surface area contributed by atoms with E-state index in [-0.39, 0.29) is 37.4 Å². The molecule has 2 N–H and O–H groups in total. The van der Waals surface area contributed by atoms with Crippen molar-refractivity contribution >= 4 is 23.6 Å². The van der Waals surface area contributed by atoms with Gasteiger partial charge in [0.2, 0.25) is 12.6 Å². The number of anilines is 2. The SMILES string of the molecule is COc1cccc(CC(OC(=O)NCc2ccc(N(C)C)cc2)Oc2cncc(OC(Cc3cccc(OC)c3)OC(=O)NCc3ccc(N(C)C)cc3)c2)c1. The summed E-state index contributed by atoms with van der Waals surface area (Å²) in [5, 5.41) is 5.60. The van der Waals surface area contributed by atoms with Crippen molar-refractivity contribution in [1.29, 1.82) is 0 Å². The average molecular weight is 764 g/mol. The maximum absolute atomic E-state index is 13.1. The minimum Gasteiger partial charge on any atom is -0.497 e. The van der Waals surface area contributed by atoms with E-state index in [1.54, 1.807) is 20.3 Å². The van der Waals surface area contributed by atoms with E-state index in [0.717, 1.165) is 33.6 Å². The van der Waals surface area contributed by atoms with Crippen LogP contribution in [0.1, 0.15) is 22.3 Å². The lowest BCUT2D eigenvalue weighted by Crippen LogP contribution is -2.33. The fraction of sp³-hybridized carbons (Fsp3) is 0.279. The maximum Gasteiger partial charge on any atom is 0.410 e. The van der Waals surface area contributed by atoms with Crippen LogP contribution in [0.5, 0.6) is 23.0 Å². The summed E-state index contributed by atoms with van der Waals surface area (Å²) in [6.45, 7) is 0.516. The molecule has 4 aromatic carbocycles. The van der Waals surface area contributed by atoms with Crippen molar-refractivity contribution in [1.82, 2.24) is 15.6 Å². The molecule has 0 aliphatic heterocycles. The molecule has 1 aromatic heterocycles. The number of methoxy groups -OCH3 is 2. The van der Waals surface area contributed by atoms with Crippen LogP contribution in [0.4, 0.5) is 21.0 Å². The number of carbonyl (C=O) groups excluding carboxylic acids is 2. The zero-order valence-electron chi connectivity index (χ0n) is 32.6. The number of carbonyl (C=O) groups is 2. The second-order valence-corrected chi connectivity index (χ2v) is 13.2. The number of ether oxygens (including phenoxy) is 6. The number of amides is 2. The van der Waals surface area contributed by atoms with Crippen LogP contribution in [-0.2, 0) is 35.4 Å². The number of hydrogen-bond acceptors (Lipinski definition) is 11. The zero-order valence-corrected chi connectivity index (χ0v) is 32.6. The average Bonchev–Trinajstić information content (AvgIpc) is 3.19. The molecule has 0 saturated carbocycles. The van der Waals surface area contributed by atoms with E-state index in [2.05, 4.69) is 15.6 Å². The highest BCUT2D eigenvalue weighted by atomic mass is 16.7. The number of nitrogens with zero attached hydrogens (tertiary/aromatic N) is 3. The third kappa shape index (κ3) is 12.8. The van der Waals surface area contributed by atoms with E-state index in [1.165, 1.54) is 12.4 Å². The Balaban J connectivity index is 1.29. The number of pyridine rings is 1. The van der Waals surface area contributed by atoms with Crippen LogP contribution >= 0.6 is 0 Å². The van der Waals surface area contributed by atoms with Crippen molar-refractivity contribution in [3.8, 4) is 23.0 Å². The molecule has 0 radical (unpaired) electrons. The quantitative estimate of drug-likeness (QED) is 0.0897. The summed E-state index contributed by atoms with van der Waals surface area (Å²) >= 11 is 0. The van der Waals surface area contributed by atoms with E-state index in [4.69, 9.17) is 28.4 Å². The number of hydrogen-bond donors (Lipinski definition) is 2. The lowest BCUT2D eigenvalue weighted by molar-refractivity contribution is -0.0354. The van der Waals surface area contributed by atoms with Crippen LogP contribution in [0.2, 0.25) is 0 Å². The number of aromatic nitrogens is 1. The van der Waals surface area contributed by atoms with Gasteiger partial charge in [0.1, 0.15) is 23.0 Å². The predicted octanol–water partition coefficient (Wildman–Crippen LogP) is 6.98. The molecule has 0 aliphatic carbocycles. The molecule has 0 aliphatic rings.